The van der Waals surface area contributed by atoms with E-state index in [9.17, 15) is 27.6 Å². The monoisotopic (exact) mass is 627 g/mol. The van der Waals surface area contributed by atoms with E-state index in [4.69, 9.17) is 16.3 Å². The zero-order valence-corrected chi connectivity index (χ0v) is 24.5. The molecule has 13 heteroatoms. The molecule has 0 bridgehead atoms. The zero-order chi connectivity index (χ0) is 31.2. The normalized spacial score (nSPS) is 20.5. The maximum absolute atomic E-state index is 14.4. The molecule has 1 aromatic carbocycles. The van der Waals surface area contributed by atoms with E-state index in [1.807, 2.05) is 0 Å². The van der Waals surface area contributed by atoms with Crippen molar-refractivity contribution in [3.63, 3.8) is 0 Å². The molecule has 2 aliphatic heterocycles. The van der Waals surface area contributed by atoms with Gasteiger partial charge in [-0.05, 0) is 67.5 Å². The second kappa shape index (κ2) is 11.7. The Morgan fingerprint density at radius 3 is 2.59 bits per heavy atom. The fraction of sp³-hybridized carbons (Fsp3) is 0.387. The number of anilines is 1. The molecule has 44 heavy (non-hydrogen) atoms. The second-order valence-corrected chi connectivity index (χ2v) is 11.9. The summed E-state index contributed by atoms with van der Waals surface area (Å²) in [5.74, 6) is -1.23. The highest BCUT2D eigenvalue weighted by Gasteiger charge is 2.59. The number of hydrogen-bond acceptors (Lipinski definition) is 6. The average molecular weight is 628 g/mol. The average Bonchev–Trinajstić information content (AvgIpc) is 3.23. The molecule has 0 unspecified atom stereocenters. The van der Waals surface area contributed by atoms with Gasteiger partial charge in [-0.3, -0.25) is 19.4 Å². The van der Waals surface area contributed by atoms with E-state index >= 15 is 0 Å². The van der Waals surface area contributed by atoms with Crippen molar-refractivity contribution < 1.29 is 32.3 Å². The predicted octanol–water partition coefficient (Wildman–Crippen LogP) is 4.94. The maximum atomic E-state index is 14.4. The number of halogens is 4. The van der Waals surface area contributed by atoms with Gasteiger partial charge in [-0.15, -0.1) is 0 Å². The number of carbonyl (C=O) groups excluding carboxylic acids is 3. The summed E-state index contributed by atoms with van der Waals surface area (Å²) >= 11 is 5.90. The van der Waals surface area contributed by atoms with Crippen molar-refractivity contribution in [2.45, 2.75) is 43.6 Å². The lowest BCUT2D eigenvalue weighted by atomic mass is 9.74. The molecular formula is C31H29ClF3N5O4. The smallest absolute Gasteiger partial charge is 0.281 e. The van der Waals surface area contributed by atoms with Crippen LogP contribution in [0, 0.1) is 11.7 Å². The van der Waals surface area contributed by atoms with Gasteiger partial charge >= 0.3 is 0 Å². The molecule has 4 heterocycles. The number of aromatic nitrogens is 2. The molecule has 9 nitrogen and oxygen atoms in total. The number of alkyl halides is 2. The Hall–Kier alpha value is -4.19. The first-order valence-corrected chi connectivity index (χ1v) is 14.6. The third kappa shape index (κ3) is 5.36. The number of rotatable bonds is 7. The van der Waals surface area contributed by atoms with Gasteiger partial charge in [0.05, 0.1) is 17.7 Å². The number of methoxy groups -OCH3 is 1. The van der Waals surface area contributed by atoms with Crippen molar-refractivity contribution in [3.8, 4) is 5.88 Å². The van der Waals surface area contributed by atoms with Gasteiger partial charge in [0.25, 0.3) is 18.2 Å². The summed E-state index contributed by atoms with van der Waals surface area (Å²) in [6.07, 6.45) is 0.708. The highest BCUT2D eigenvalue weighted by molar-refractivity contribution is 6.30. The number of pyridine rings is 2. The standard InChI is InChI=1S/C31H29ClF3N5O4/c1-44-25-4-2-3-23(38-25)29(42)39-15-31(16-39)22-12-19(33)7-10-24(22)40(30(31)43)14-17-5-8-20(9-6-17)37-28(41)21-11-18(32)13-36-26(21)27(34)35/h2-4,7,10-13,17,20,27H,5-6,8-9,14-16H2,1H3,(H,37,41). The Bertz CT molecular complexity index is 1630. The van der Waals surface area contributed by atoms with Gasteiger partial charge in [-0.1, -0.05) is 17.7 Å². The lowest BCUT2D eigenvalue weighted by molar-refractivity contribution is -0.128. The van der Waals surface area contributed by atoms with E-state index in [0.29, 0.717) is 49.4 Å². The number of carbonyl (C=O) groups is 3. The summed E-state index contributed by atoms with van der Waals surface area (Å²) in [5, 5.41) is 2.92. The maximum Gasteiger partial charge on any atom is 0.281 e. The number of amides is 3. The molecule has 1 saturated heterocycles. The number of fused-ring (bicyclic) bond motifs is 2. The van der Waals surface area contributed by atoms with Gasteiger partial charge in [0, 0.05) is 43.6 Å². The van der Waals surface area contributed by atoms with Gasteiger partial charge < -0.3 is 19.9 Å². The summed E-state index contributed by atoms with van der Waals surface area (Å²) < 4.78 is 46.3. The van der Waals surface area contributed by atoms with Gasteiger partial charge in [-0.25, -0.2) is 18.2 Å². The first kappa shape index (κ1) is 29.9. The van der Waals surface area contributed by atoms with Crippen LogP contribution in [0.4, 0.5) is 18.9 Å². The van der Waals surface area contributed by atoms with Crippen LogP contribution in [0.25, 0.3) is 0 Å². The Morgan fingerprint density at radius 2 is 1.89 bits per heavy atom. The third-order valence-electron chi connectivity index (χ3n) is 8.74. The Labute approximate surface area is 256 Å². The molecule has 1 aliphatic carbocycles. The van der Waals surface area contributed by atoms with Crippen LogP contribution >= 0.6 is 11.6 Å². The number of nitrogens with zero attached hydrogens (tertiary/aromatic N) is 4. The van der Waals surface area contributed by atoms with Crippen molar-refractivity contribution in [2.75, 3.05) is 31.6 Å². The van der Waals surface area contributed by atoms with E-state index in [2.05, 4.69) is 15.3 Å². The SMILES string of the molecule is COc1cccc(C(=O)N2CC3(C2)C(=O)N(CC2CCC(NC(=O)c4cc(Cl)cnc4C(F)F)CC2)c2ccc(F)cc23)n1. The topological polar surface area (TPSA) is 105 Å². The van der Waals surface area contributed by atoms with Crippen LogP contribution in [0.3, 0.4) is 0 Å². The highest BCUT2D eigenvalue weighted by atomic mass is 35.5. The molecule has 3 amide bonds. The van der Waals surface area contributed by atoms with Crippen molar-refractivity contribution in [1.82, 2.24) is 20.2 Å². The van der Waals surface area contributed by atoms with Crippen molar-refractivity contribution in [3.05, 3.63) is 82.0 Å². The second-order valence-electron chi connectivity index (χ2n) is 11.5. The number of hydrogen-bond donors (Lipinski definition) is 1. The molecule has 2 aromatic heterocycles. The molecule has 0 atom stereocenters. The highest BCUT2D eigenvalue weighted by Crippen LogP contribution is 2.48. The van der Waals surface area contributed by atoms with Gasteiger partial charge in [0.1, 0.15) is 22.6 Å². The number of nitrogens with one attached hydrogen (secondary N) is 1. The van der Waals surface area contributed by atoms with Crippen molar-refractivity contribution >= 4 is 35.0 Å². The predicted molar refractivity (Wildman–Crippen MR) is 155 cm³/mol. The van der Waals surface area contributed by atoms with Gasteiger partial charge in [-0.2, -0.15) is 0 Å². The third-order valence-corrected chi connectivity index (χ3v) is 8.95. The Balaban J connectivity index is 1.11. The lowest BCUT2D eigenvalue weighted by Gasteiger charge is -2.46. The molecule has 3 aliphatic rings. The van der Waals surface area contributed by atoms with Crippen LogP contribution in [0.15, 0.2) is 48.7 Å². The minimum atomic E-state index is -2.92. The van der Waals surface area contributed by atoms with E-state index in [1.54, 1.807) is 29.2 Å². The van der Waals surface area contributed by atoms with Crippen LogP contribution in [-0.2, 0) is 10.2 Å². The summed E-state index contributed by atoms with van der Waals surface area (Å²) in [7, 11) is 1.46. The van der Waals surface area contributed by atoms with Crippen LogP contribution in [0.2, 0.25) is 5.02 Å². The molecule has 3 aromatic rings. The molecule has 1 saturated carbocycles. The minimum Gasteiger partial charge on any atom is -0.481 e. The van der Waals surface area contributed by atoms with Crippen LogP contribution in [0.5, 0.6) is 5.88 Å². The fourth-order valence-electron chi connectivity index (χ4n) is 6.47. The van der Waals surface area contributed by atoms with Crippen molar-refractivity contribution in [1.29, 1.82) is 0 Å². The summed E-state index contributed by atoms with van der Waals surface area (Å²) in [6.45, 7) is 0.613. The van der Waals surface area contributed by atoms with Crippen LogP contribution < -0.4 is 15.0 Å². The first-order valence-electron chi connectivity index (χ1n) is 14.3. The van der Waals surface area contributed by atoms with E-state index in [0.717, 1.165) is 6.20 Å². The quantitative estimate of drug-likeness (QED) is 0.398. The van der Waals surface area contributed by atoms with E-state index in [-0.39, 0.29) is 53.1 Å². The Morgan fingerprint density at radius 1 is 1.14 bits per heavy atom. The first-order chi connectivity index (χ1) is 21.1. The molecule has 230 valence electrons. The summed E-state index contributed by atoms with van der Waals surface area (Å²) in [5.41, 5.74) is -0.510. The van der Waals surface area contributed by atoms with Crippen LogP contribution in [-0.4, -0.2) is 65.4 Å². The molecule has 1 N–H and O–H groups in total. The lowest BCUT2D eigenvalue weighted by Crippen LogP contribution is -2.65. The Kier molecular flexibility index (Phi) is 7.95. The van der Waals surface area contributed by atoms with E-state index < -0.39 is 29.3 Å². The molecule has 6 rings (SSSR count). The molecule has 2 fully saturated rings. The van der Waals surface area contributed by atoms with Gasteiger partial charge in [0.15, 0.2) is 0 Å². The number of benzene rings is 1. The fourth-order valence-corrected chi connectivity index (χ4v) is 6.63. The van der Waals surface area contributed by atoms with Gasteiger partial charge in [0.2, 0.25) is 11.8 Å². The summed E-state index contributed by atoms with van der Waals surface area (Å²) in [6, 6.07) is 10.1. The molecule has 0 radical (unpaired) electrons. The zero-order valence-electron chi connectivity index (χ0n) is 23.7. The number of ether oxygens (including phenoxy) is 1. The van der Waals surface area contributed by atoms with Crippen LogP contribution in [0.1, 0.15) is 64.2 Å². The van der Waals surface area contributed by atoms with Crippen molar-refractivity contribution in [2.24, 2.45) is 5.92 Å². The van der Waals surface area contributed by atoms with E-state index in [1.165, 1.54) is 30.2 Å². The molecule has 1 spiro atoms. The number of likely N-dealkylation sites (tertiary alicyclic amines) is 1. The molecular weight excluding hydrogens is 599 g/mol. The largest absolute Gasteiger partial charge is 0.481 e. The minimum absolute atomic E-state index is 0.0902. The summed E-state index contributed by atoms with van der Waals surface area (Å²) in [4.78, 5) is 50.9.